The first kappa shape index (κ1) is 15.5. The van der Waals surface area contributed by atoms with Gasteiger partial charge in [0.15, 0.2) is 0 Å². The van der Waals surface area contributed by atoms with E-state index in [1.807, 2.05) is 11.9 Å². The number of hydrogen-bond acceptors (Lipinski definition) is 2. The first-order valence-electron chi connectivity index (χ1n) is 7.35. The van der Waals surface area contributed by atoms with Crippen LogP contribution in [0.4, 0.5) is 0 Å². The number of likely N-dealkylation sites (tertiary alicyclic amines) is 1. The van der Waals surface area contributed by atoms with Crippen molar-refractivity contribution in [1.82, 2.24) is 9.80 Å². The lowest BCUT2D eigenvalue weighted by atomic mass is 9.85. The van der Waals surface area contributed by atoms with Gasteiger partial charge < -0.3 is 9.80 Å². The third-order valence-electron chi connectivity index (χ3n) is 4.44. The van der Waals surface area contributed by atoms with Crippen LogP contribution in [0.25, 0.3) is 0 Å². The van der Waals surface area contributed by atoms with Crippen molar-refractivity contribution in [2.24, 2.45) is 11.8 Å². The minimum absolute atomic E-state index is 0.152. The summed E-state index contributed by atoms with van der Waals surface area (Å²) in [4.78, 5) is 16.8. The summed E-state index contributed by atoms with van der Waals surface area (Å²) in [5.74, 6) is 0.981. The van der Waals surface area contributed by atoms with Gasteiger partial charge in [-0.2, -0.15) is 0 Å². The van der Waals surface area contributed by atoms with Gasteiger partial charge in [0, 0.05) is 31.6 Å². The lowest BCUT2D eigenvalue weighted by Crippen LogP contribution is -2.46. The fraction of sp³-hybridized carbons (Fsp3) is 0.933. The second kappa shape index (κ2) is 6.55. The molecule has 0 N–H and O–H groups in total. The Hall–Kier alpha value is -0.570. The molecule has 1 aliphatic rings. The quantitative estimate of drug-likeness (QED) is 0.770. The van der Waals surface area contributed by atoms with Crippen molar-refractivity contribution in [2.75, 3.05) is 20.1 Å². The maximum atomic E-state index is 12.4. The lowest BCUT2D eigenvalue weighted by molar-refractivity contribution is -0.137. The summed E-state index contributed by atoms with van der Waals surface area (Å²) in [5, 5.41) is 0. The monoisotopic (exact) mass is 254 g/mol. The molecule has 1 rings (SSSR count). The van der Waals surface area contributed by atoms with Crippen molar-refractivity contribution in [2.45, 2.75) is 59.5 Å². The van der Waals surface area contributed by atoms with E-state index in [0.717, 1.165) is 6.54 Å². The molecule has 0 saturated carbocycles. The van der Waals surface area contributed by atoms with Crippen LogP contribution in [0.2, 0.25) is 0 Å². The molecule has 0 aromatic heterocycles. The number of nitrogens with zero attached hydrogens (tertiary/aromatic N) is 2. The Bertz CT molecular complexity index is 276. The zero-order valence-corrected chi connectivity index (χ0v) is 12.9. The molecule has 0 aromatic rings. The minimum Gasteiger partial charge on any atom is -0.343 e. The maximum absolute atomic E-state index is 12.4. The molecule has 1 amide bonds. The van der Waals surface area contributed by atoms with Gasteiger partial charge in [-0.3, -0.25) is 4.79 Å². The third kappa shape index (κ3) is 3.71. The predicted octanol–water partition coefficient (Wildman–Crippen LogP) is 2.61. The largest absolute Gasteiger partial charge is 0.343 e. The highest BCUT2D eigenvalue weighted by molar-refractivity contribution is 5.78. The normalized spacial score (nSPS) is 23.4. The molecule has 106 valence electrons. The molecule has 1 fully saturated rings. The van der Waals surface area contributed by atoms with E-state index in [1.54, 1.807) is 0 Å². The van der Waals surface area contributed by atoms with E-state index in [2.05, 4.69) is 39.5 Å². The van der Waals surface area contributed by atoms with Gasteiger partial charge in [0.1, 0.15) is 0 Å². The second-order valence-electron chi connectivity index (χ2n) is 6.32. The van der Waals surface area contributed by atoms with Crippen LogP contribution >= 0.6 is 0 Å². The van der Waals surface area contributed by atoms with Gasteiger partial charge in [-0.25, -0.2) is 0 Å². The average Bonchev–Trinajstić information content (AvgIpc) is 2.36. The van der Waals surface area contributed by atoms with Crippen LogP contribution < -0.4 is 0 Å². The summed E-state index contributed by atoms with van der Waals surface area (Å²) in [7, 11) is 1.92. The molecule has 1 saturated heterocycles. The standard InChI is InChI=1S/C15H30N2O/c1-11(2)16(6)15(18)13(5)14-8-7-9-17(10-14)12(3)4/h11-14H,7-10H2,1-6H3/t13-,14?/m1/s1. The Morgan fingerprint density at radius 3 is 2.33 bits per heavy atom. The van der Waals surface area contributed by atoms with Crippen LogP contribution in [0.3, 0.4) is 0 Å². The zero-order valence-electron chi connectivity index (χ0n) is 12.9. The van der Waals surface area contributed by atoms with E-state index in [1.165, 1.54) is 19.4 Å². The summed E-state index contributed by atoms with van der Waals surface area (Å²) in [6.07, 6.45) is 2.42. The molecule has 0 bridgehead atoms. The molecular weight excluding hydrogens is 224 g/mol. The van der Waals surface area contributed by atoms with Gasteiger partial charge in [0.05, 0.1) is 0 Å². The van der Waals surface area contributed by atoms with E-state index in [4.69, 9.17) is 0 Å². The number of rotatable bonds is 4. The number of piperidine rings is 1. The van der Waals surface area contributed by atoms with E-state index in [9.17, 15) is 4.79 Å². The van der Waals surface area contributed by atoms with E-state index < -0.39 is 0 Å². The SMILES string of the molecule is CC(C)N1CCCC([C@@H](C)C(=O)N(C)C(C)C)C1. The van der Waals surface area contributed by atoms with Gasteiger partial charge in [0.2, 0.25) is 5.91 Å². The molecule has 3 heteroatoms. The molecular formula is C15H30N2O. The topological polar surface area (TPSA) is 23.6 Å². The second-order valence-corrected chi connectivity index (χ2v) is 6.32. The van der Waals surface area contributed by atoms with E-state index in [0.29, 0.717) is 23.9 Å². The smallest absolute Gasteiger partial charge is 0.225 e. The van der Waals surface area contributed by atoms with E-state index in [-0.39, 0.29) is 5.92 Å². The van der Waals surface area contributed by atoms with Gasteiger partial charge in [-0.05, 0) is 53.0 Å². The number of amides is 1. The van der Waals surface area contributed by atoms with Crippen molar-refractivity contribution in [1.29, 1.82) is 0 Å². The first-order valence-corrected chi connectivity index (χ1v) is 7.35. The van der Waals surface area contributed by atoms with E-state index >= 15 is 0 Å². The first-order chi connectivity index (χ1) is 8.34. The summed E-state index contributed by atoms with van der Waals surface area (Å²) < 4.78 is 0. The molecule has 2 atom stereocenters. The maximum Gasteiger partial charge on any atom is 0.225 e. The van der Waals surface area contributed by atoms with Crippen molar-refractivity contribution in [3.05, 3.63) is 0 Å². The van der Waals surface area contributed by atoms with Crippen LogP contribution in [0.15, 0.2) is 0 Å². The Kier molecular flexibility index (Phi) is 5.64. The number of carbonyl (C=O) groups excluding carboxylic acids is 1. The zero-order chi connectivity index (χ0) is 13.9. The van der Waals surface area contributed by atoms with Gasteiger partial charge in [-0.1, -0.05) is 6.92 Å². The summed E-state index contributed by atoms with van der Waals surface area (Å²) >= 11 is 0. The Balaban J connectivity index is 2.60. The Morgan fingerprint density at radius 1 is 1.22 bits per heavy atom. The summed E-state index contributed by atoms with van der Waals surface area (Å²) in [6.45, 7) is 13.0. The number of hydrogen-bond donors (Lipinski definition) is 0. The Morgan fingerprint density at radius 2 is 1.83 bits per heavy atom. The lowest BCUT2D eigenvalue weighted by Gasteiger charge is -2.38. The highest BCUT2D eigenvalue weighted by atomic mass is 16.2. The van der Waals surface area contributed by atoms with Crippen LogP contribution in [0, 0.1) is 11.8 Å². The molecule has 18 heavy (non-hydrogen) atoms. The van der Waals surface area contributed by atoms with Crippen LogP contribution in [-0.4, -0.2) is 47.9 Å². The van der Waals surface area contributed by atoms with Crippen molar-refractivity contribution in [3.63, 3.8) is 0 Å². The molecule has 0 spiro atoms. The highest BCUT2D eigenvalue weighted by Gasteiger charge is 2.31. The molecule has 0 aromatic carbocycles. The summed E-state index contributed by atoms with van der Waals surface area (Å²) in [6, 6.07) is 0.891. The molecule has 0 radical (unpaired) electrons. The fourth-order valence-electron chi connectivity index (χ4n) is 2.69. The van der Waals surface area contributed by atoms with Crippen molar-refractivity contribution < 1.29 is 4.79 Å². The van der Waals surface area contributed by atoms with Crippen LogP contribution in [0.1, 0.15) is 47.5 Å². The van der Waals surface area contributed by atoms with Crippen LogP contribution in [-0.2, 0) is 4.79 Å². The summed E-state index contributed by atoms with van der Waals surface area (Å²) in [5.41, 5.74) is 0. The van der Waals surface area contributed by atoms with Gasteiger partial charge in [0.25, 0.3) is 0 Å². The predicted molar refractivity (Wildman–Crippen MR) is 76.5 cm³/mol. The molecule has 1 unspecified atom stereocenters. The third-order valence-corrected chi connectivity index (χ3v) is 4.44. The highest BCUT2D eigenvalue weighted by Crippen LogP contribution is 2.26. The minimum atomic E-state index is 0.152. The van der Waals surface area contributed by atoms with Crippen molar-refractivity contribution in [3.8, 4) is 0 Å². The number of carbonyl (C=O) groups is 1. The van der Waals surface area contributed by atoms with Gasteiger partial charge in [-0.15, -0.1) is 0 Å². The average molecular weight is 254 g/mol. The molecule has 1 heterocycles. The molecule has 3 nitrogen and oxygen atoms in total. The van der Waals surface area contributed by atoms with Crippen molar-refractivity contribution >= 4 is 5.91 Å². The molecule has 1 aliphatic heterocycles. The van der Waals surface area contributed by atoms with Crippen LogP contribution in [0.5, 0.6) is 0 Å². The Labute approximate surface area is 113 Å². The molecule has 0 aliphatic carbocycles. The van der Waals surface area contributed by atoms with Gasteiger partial charge >= 0.3 is 0 Å². The fourth-order valence-corrected chi connectivity index (χ4v) is 2.69.